The lowest BCUT2D eigenvalue weighted by Gasteiger charge is -2.25. The Balaban J connectivity index is 2.19. The summed E-state index contributed by atoms with van der Waals surface area (Å²) in [7, 11) is 0. The van der Waals surface area contributed by atoms with Crippen LogP contribution >= 0.6 is 0 Å². The molecule has 20 heavy (non-hydrogen) atoms. The molecule has 0 bridgehead atoms. The van der Waals surface area contributed by atoms with Gasteiger partial charge in [-0.3, -0.25) is 14.9 Å². The van der Waals surface area contributed by atoms with Crippen molar-refractivity contribution in [3.8, 4) is 5.75 Å². The average Bonchev–Trinajstić information content (AvgIpc) is 3.19. The van der Waals surface area contributed by atoms with Crippen molar-refractivity contribution in [1.82, 2.24) is 0 Å². The Kier molecular flexibility index (Phi) is 3.58. The van der Waals surface area contributed by atoms with E-state index in [9.17, 15) is 19.3 Å². The standard InChI is InChI=1S/C12H14FN3O4/c13-8-3-4-9(16(18)19)10(5-8)20-6-12(15,11(14)17)7-1-2-7/h3-5,7H,1-2,6,15H2,(H2,14,17). The van der Waals surface area contributed by atoms with Crippen LogP contribution in [0.2, 0.25) is 0 Å². The minimum Gasteiger partial charge on any atom is -0.484 e. The van der Waals surface area contributed by atoms with Gasteiger partial charge in [0.15, 0.2) is 5.75 Å². The number of hydrogen-bond acceptors (Lipinski definition) is 5. The Hall–Kier alpha value is -2.22. The third-order valence-corrected chi connectivity index (χ3v) is 3.35. The summed E-state index contributed by atoms with van der Waals surface area (Å²) >= 11 is 0. The molecule has 1 amide bonds. The van der Waals surface area contributed by atoms with E-state index in [1.54, 1.807) is 0 Å². The van der Waals surface area contributed by atoms with E-state index in [2.05, 4.69) is 0 Å². The van der Waals surface area contributed by atoms with Crippen molar-refractivity contribution in [1.29, 1.82) is 0 Å². The molecule has 0 heterocycles. The summed E-state index contributed by atoms with van der Waals surface area (Å²) < 4.78 is 18.3. The molecule has 1 aliphatic rings. The van der Waals surface area contributed by atoms with Gasteiger partial charge < -0.3 is 16.2 Å². The molecule has 8 heteroatoms. The van der Waals surface area contributed by atoms with E-state index < -0.39 is 27.9 Å². The predicted octanol–water partition coefficient (Wildman–Crippen LogP) is 0.705. The molecular weight excluding hydrogens is 269 g/mol. The predicted molar refractivity (Wildman–Crippen MR) is 67.4 cm³/mol. The number of hydrogen-bond donors (Lipinski definition) is 2. The number of ether oxygens (including phenoxy) is 1. The molecule has 0 aromatic heterocycles. The molecule has 1 saturated carbocycles. The van der Waals surface area contributed by atoms with Crippen LogP contribution in [0.5, 0.6) is 5.75 Å². The number of carbonyl (C=O) groups is 1. The number of nitro groups is 1. The quantitative estimate of drug-likeness (QED) is 0.588. The number of amides is 1. The van der Waals surface area contributed by atoms with Gasteiger partial charge in [-0.2, -0.15) is 0 Å². The zero-order valence-corrected chi connectivity index (χ0v) is 10.5. The highest BCUT2D eigenvalue weighted by Gasteiger charge is 2.47. The van der Waals surface area contributed by atoms with Crippen LogP contribution in [0, 0.1) is 21.8 Å². The summed E-state index contributed by atoms with van der Waals surface area (Å²) in [4.78, 5) is 21.5. The number of carbonyl (C=O) groups excluding carboxylic acids is 1. The van der Waals surface area contributed by atoms with Gasteiger partial charge in [0.25, 0.3) is 0 Å². The number of nitro benzene ring substituents is 1. The minimum atomic E-state index is -1.39. The lowest BCUT2D eigenvalue weighted by molar-refractivity contribution is -0.386. The van der Waals surface area contributed by atoms with Crippen molar-refractivity contribution in [2.45, 2.75) is 18.4 Å². The smallest absolute Gasteiger partial charge is 0.311 e. The normalized spacial score (nSPS) is 17.3. The molecule has 4 N–H and O–H groups in total. The first kappa shape index (κ1) is 14.2. The molecule has 0 spiro atoms. The van der Waals surface area contributed by atoms with Crippen molar-refractivity contribution in [3.63, 3.8) is 0 Å². The maximum Gasteiger partial charge on any atom is 0.311 e. The van der Waals surface area contributed by atoms with E-state index in [0.29, 0.717) is 0 Å². The topological polar surface area (TPSA) is 121 Å². The van der Waals surface area contributed by atoms with Gasteiger partial charge in [-0.05, 0) is 24.8 Å². The summed E-state index contributed by atoms with van der Waals surface area (Å²) in [6.45, 7) is -0.322. The first-order valence-electron chi connectivity index (χ1n) is 6.00. The highest BCUT2D eigenvalue weighted by atomic mass is 19.1. The summed E-state index contributed by atoms with van der Waals surface area (Å²) in [6, 6.07) is 2.83. The lowest BCUT2D eigenvalue weighted by Crippen LogP contribution is -2.58. The molecule has 2 rings (SSSR count). The number of halogens is 1. The van der Waals surface area contributed by atoms with Crippen molar-refractivity contribution >= 4 is 11.6 Å². The number of nitrogens with zero attached hydrogens (tertiary/aromatic N) is 1. The van der Waals surface area contributed by atoms with Crippen LogP contribution in [0.25, 0.3) is 0 Å². The van der Waals surface area contributed by atoms with Gasteiger partial charge in [0.05, 0.1) is 4.92 Å². The summed E-state index contributed by atoms with van der Waals surface area (Å²) in [5.41, 5.74) is 9.36. The molecule has 1 aliphatic carbocycles. The molecule has 1 unspecified atom stereocenters. The monoisotopic (exact) mass is 283 g/mol. The average molecular weight is 283 g/mol. The Morgan fingerprint density at radius 3 is 2.70 bits per heavy atom. The van der Waals surface area contributed by atoms with Crippen LogP contribution < -0.4 is 16.2 Å². The summed E-state index contributed by atoms with van der Waals surface area (Å²) in [5, 5.41) is 10.8. The van der Waals surface area contributed by atoms with Gasteiger partial charge in [0.2, 0.25) is 5.91 Å². The third kappa shape index (κ3) is 2.69. The van der Waals surface area contributed by atoms with Crippen molar-refractivity contribution in [3.05, 3.63) is 34.1 Å². The zero-order chi connectivity index (χ0) is 14.9. The van der Waals surface area contributed by atoms with Gasteiger partial charge >= 0.3 is 5.69 Å². The fourth-order valence-electron chi connectivity index (χ4n) is 1.94. The van der Waals surface area contributed by atoms with E-state index in [1.165, 1.54) is 0 Å². The van der Waals surface area contributed by atoms with E-state index in [1.807, 2.05) is 0 Å². The van der Waals surface area contributed by atoms with Crippen molar-refractivity contribution < 1.29 is 18.8 Å². The summed E-state index contributed by atoms with van der Waals surface area (Å²) in [6.07, 6.45) is 1.49. The second kappa shape index (κ2) is 5.04. The maximum absolute atomic E-state index is 13.1. The SMILES string of the molecule is NC(=O)C(N)(COc1cc(F)ccc1[N+](=O)[O-])C1CC1. The zero-order valence-electron chi connectivity index (χ0n) is 10.5. The van der Waals surface area contributed by atoms with E-state index in [4.69, 9.17) is 16.2 Å². The van der Waals surface area contributed by atoms with E-state index >= 15 is 0 Å². The van der Waals surface area contributed by atoms with Crippen LogP contribution in [0.4, 0.5) is 10.1 Å². The molecule has 1 aromatic carbocycles. The molecule has 1 aromatic rings. The molecule has 1 fully saturated rings. The Morgan fingerprint density at radius 1 is 1.55 bits per heavy atom. The molecule has 0 aliphatic heterocycles. The molecule has 0 saturated heterocycles. The van der Waals surface area contributed by atoms with Crippen molar-refractivity contribution in [2.24, 2.45) is 17.4 Å². The molecule has 0 radical (unpaired) electrons. The fourth-order valence-corrected chi connectivity index (χ4v) is 1.94. The van der Waals surface area contributed by atoms with Gasteiger partial charge in [-0.1, -0.05) is 0 Å². The lowest BCUT2D eigenvalue weighted by atomic mass is 9.95. The minimum absolute atomic E-state index is 0.104. The van der Waals surface area contributed by atoms with Crippen LogP contribution in [0.1, 0.15) is 12.8 Å². The third-order valence-electron chi connectivity index (χ3n) is 3.35. The summed E-state index contributed by atoms with van der Waals surface area (Å²) in [5.74, 6) is -1.79. The first-order valence-corrected chi connectivity index (χ1v) is 6.00. The van der Waals surface area contributed by atoms with Crippen LogP contribution in [0.15, 0.2) is 18.2 Å². The van der Waals surface area contributed by atoms with Crippen LogP contribution in [-0.4, -0.2) is 23.0 Å². The van der Waals surface area contributed by atoms with Crippen LogP contribution in [-0.2, 0) is 4.79 Å². The molecule has 7 nitrogen and oxygen atoms in total. The second-order valence-electron chi connectivity index (χ2n) is 4.84. The molecule has 1 atom stereocenters. The highest BCUT2D eigenvalue weighted by Crippen LogP contribution is 2.39. The Morgan fingerprint density at radius 2 is 2.20 bits per heavy atom. The van der Waals surface area contributed by atoms with Gasteiger partial charge in [0, 0.05) is 12.1 Å². The molecule has 108 valence electrons. The van der Waals surface area contributed by atoms with E-state index in [-0.39, 0.29) is 18.3 Å². The molecular formula is C12H14FN3O4. The van der Waals surface area contributed by atoms with Crippen LogP contribution in [0.3, 0.4) is 0 Å². The van der Waals surface area contributed by atoms with Gasteiger partial charge in [-0.15, -0.1) is 0 Å². The Labute approximate surface area is 113 Å². The highest BCUT2D eigenvalue weighted by molar-refractivity contribution is 5.85. The Bertz CT molecular complexity index is 562. The van der Waals surface area contributed by atoms with Gasteiger partial charge in [-0.25, -0.2) is 4.39 Å². The van der Waals surface area contributed by atoms with Crippen molar-refractivity contribution in [2.75, 3.05) is 6.61 Å². The number of primary amides is 1. The van der Waals surface area contributed by atoms with E-state index in [0.717, 1.165) is 31.0 Å². The largest absolute Gasteiger partial charge is 0.484 e. The second-order valence-corrected chi connectivity index (χ2v) is 4.84. The number of rotatable bonds is 6. The number of benzene rings is 1. The fraction of sp³-hybridized carbons (Fsp3) is 0.417. The van der Waals surface area contributed by atoms with Gasteiger partial charge in [0.1, 0.15) is 18.0 Å². The first-order chi connectivity index (χ1) is 9.34. The maximum atomic E-state index is 13.1. The number of nitrogens with two attached hydrogens (primary N) is 2.